The van der Waals surface area contributed by atoms with Crippen molar-refractivity contribution in [2.75, 3.05) is 27.4 Å². The van der Waals surface area contributed by atoms with Crippen LogP contribution in [0.1, 0.15) is 1.43 Å². The maximum Gasteiger partial charge on any atom is 1.00 e. The molecule has 0 N–H and O–H groups in total. The summed E-state index contributed by atoms with van der Waals surface area (Å²) in [5, 5.41) is 0. The van der Waals surface area contributed by atoms with Gasteiger partial charge in [-0.3, -0.25) is 0 Å². The third-order valence-electron chi connectivity index (χ3n) is 0.492. The summed E-state index contributed by atoms with van der Waals surface area (Å²) in [5.74, 6) is 0. The third-order valence-corrected chi connectivity index (χ3v) is 0.492. The second kappa shape index (κ2) is 9.72. The summed E-state index contributed by atoms with van der Waals surface area (Å²) in [5.41, 5.74) is 0. The molecule has 7 heavy (non-hydrogen) atoms. The van der Waals surface area contributed by atoms with Crippen LogP contribution in [0.25, 0.3) is 0 Å². The predicted molar refractivity (Wildman–Crippen MR) is 24.9 cm³/mol. The Morgan fingerprint density at radius 1 is 1.14 bits per heavy atom. The maximum absolute atomic E-state index is 4.66. The van der Waals surface area contributed by atoms with Crippen LogP contribution in [0.5, 0.6) is 0 Å². The summed E-state index contributed by atoms with van der Waals surface area (Å²) < 4.78 is 9.31. The molecule has 0 aliphatic carbocycles. The molecule has 3 heteroatoms. The van der Waals surface area contributed by atoms with Gasteiger partial charge in [0.15, 0.2) is 0 Å². The standard InChI is InChI=1S/C4H10O2.Li.H/c1-5-3-4-6-2;;/h3-4H2,1-2H3;;/q;+1;-1. The van der Waals surface area contributed by atoms with Gasteiger partial charge in [-0.1, -0.05) is 0 Å². The zero-order valence-electron chi connectivity index (χ0n) is 6.23. The van der Waals surface area contributed by atoms with Gasteiger partial charge in [-0.2, -0.15) is 0 Å². The molecule has 0 aliphatic rings. The van der Waals surface area contributed by atoms with E-state index in [-0.39, 0.29) is 20.3 Å². The van der Waals surface area contributed by atoms with Crippen molar-refractivity contribution in [1.82, 2.24) is 0 Å². The molecule has 40 valence electrons. The van der Waals surface area contributed by atoms with Crippen molar-refractivity contribution in [3.63, 3.8) is 0 Å². The van der Waals surface area contributed by atoms with E-state index in [9.17, 15) is 0 Å². The van der Waals surface area contributed by atoms with Gasteiger partial charge in [-0.25, -0.2) is 0 Å². The number of hydrogen-bond acceptors (Lipinski definition) is 2. The Hall–Kier alpha value is 0.517. The van der Waals surface area contributed by atoms with E-state index in [1.54, 1.807) is 14.2 Å². The van der Waals surface area contributed by atoms with Gasteiger partial charge in [0.2, 0.25) is 0 Å². The van der Waals surface area contributed by atoms with Crippen LogP contribution in [-0.4, -0.2) is 27.4 Å². The molecular formula is C4H11LiO2. The average molecular weight is 98.1 g/mol. The SMILES string of the molecule is COCCOC.[H-].[Li+]. The molecule has 0 aromatic heterocycles. The van der Waals surface area contributed by atoms with Crippen molar-refractivity contribution in [2.45, 2.75) is 0 Å². The van der Waals surface area contributed by atoms with Crippen LogP contribution in [0.15, 0.2) is 0 Å². The predicted octanol–water partition coefficient (Wildman–Crippen LogP) is -2.60. The molecule has 0 aromatic carbocycles. The van der Waals surface area contributed by atoms with Gasteiger partial charge in [-0.05, 0) is 0 Å². The molecule has 0 spiro atoms. The molecule has 0 aromatic rings. The minimum atomic E-state index is 0. The summed E-state index contributed by atoms with van der Waals surface area (Å²) in [7, 11) is 3.30. The minimum Gasteiger partial charge on any atom is -1.00 e. The van der Waals surface area contributed by atoms with Crippen LogP contribution in [-0.2, 0) is 9.47 Å². The molecule has 0 radical (unpaired) electrons. The van der Waals surface area contributed by atoms with Crippen LogP contribution in [0.3, 0.4) is 0 Å². The molecule has 0 fully saturated rings. The Morgan fingerprint density at radius 3 is 1.57 bits per heavy atom. The van der Waals surface area contributed by atoms with Gasteiger partial charge < -0.3 is 10.9 Å². The maximum atomic E-state index is 4.66. The molecule has 0 bridgehead atoms. The normalized spacial score (nSPS) is 7.71. The molecule has 0 saturated heterocycles. The van der Waals surface area contributed by atoms with E-state index in [4.69, 9.17) is 0 Å². The van der Waals surface area contributed by atoms with Crippen LogP contribution in [0.4, 0.5) is 0 Å². The summed E-state index contributed by atoms with van der Waals surface area (Å²) in [6.07, 6.45) is 0. The fourth-order valence-electron chi connectivity index (χ4n) is 0.167. The Labute approximate surface area is 57.8 Å². The Balaban J connectivity index is -0.000000125. The van der Waals surface area contributed by atoms with E-state index in [0.717, 1.165) is 0 Å². The van der Waals surface area contributed by atoms with Crippen LogP contribution >= 0.6 is 0 Å². The van der Waals surface area contributed by atoms with Crippen molar-refractivity contribution in [3.05, 3.63) is 0 Å². The third kappa shape index (κ3) is 10.7. The van der Waals surface area contributed by atoms with Gasteiger partial charge in [0.05, 0.1) is 13.2 Å². The summed E-state index contributed by atoms with van der Waals surface area (Å²) in [6, 6.07) is 0. The zero-order chi connectivity index (χ0) is 4.83. The van der Waals surface area contributed by atoms with Gasteiger partial charge in [0.1, 0.15) is 0 Å². The first-order valence-electron chi connectivity index (χ1n) is 1.89. The Bertz CT molecular complexity index is 26.0. The van der Waals surface area contributed by atoms with Crippen molar-refractivity contribution in [3.8, 4) is 0 Å². The van der Waals surface area contributed by atoms with Crippen LogP contribution < -0.4 is 18.9 Å². The molecule has 0 unspecified atom stereocenters. The fraction of sp³-hybridized carbons (Fsp3) is 1.00. The van der Waals surface area contributed by atoms with Crippen molar-refractivity contribution >= 4 is 0 Å². The number of hydrogen-bond donors (Lipinski definition) is 0. The van der Waals surface area contributed by atoms with E-state index in [1.165, 1.54) is 0 Å². The first kappa shape index (κ1) is 10.5. The monoisotopic (exact) mass is 98.1 g/mol. The molecule has 0 saturated carbocycles. The summed E-state index contributed by atoms with van der Waals surface area (Å²) in [6.45, 7) is 1.38. The van der Waals surface area contributed by atoms with E-state index < -0.39 is 0 Å². The van der Waals surface area contributed by atoms with Gasteiger partial charge in [0.25, 0.3) is 0 Å². The van der Waals surface area contributed by atoms with Crippen molar-refractivity contribution in [1.29, 1.82) is 0 Å². The number of ether oxygens (including phenoxy) is 2. The average Bonchev–Trinajstić information content (AvgIpc) is 1.61. The molecule has 0 atom stereocenters. The smallest absolute Gasteiger partial charge is 1.00 e. The molecular weight excluding hydrogens is 87.0 g/mol. The topological polar surface area (TPSA) is 18.5 Å². The quantitative estimate of drug-likeness (QED) is 0.284. The van der Waals surface area contributed by atoms with E-state index in [2.05, 4.69) is 9.47 Å². The summed E-state index contributed by atoms with van der Waals surface area (Å²) >= 11 is 0. The van der Waals surface area contributed by atoms with E-state index in [0.29, 0.717) is 13.2 Å². The molecule has 2 nitrogen and oxygen atoms in total. The second-order valence-electron chi connectivity index (χ2n) is 0.986. The van der Waals surface area contributed by atoms with Crippen LogP contribution in [0, 0.1) is 0 Å². The molecule has 0 heterocycles. The molecule has 0 aliphatic heterocycles. The van der Waals surface area contributed by atoms with Gasteiger partial charge >= 0.3 is 18.9 Å². The number of methoxy groups -OCH3 is 2. The molecule has 0 rings (SSSR count). The van der Waals surface area contributed by atoms with Gasteiger partial charge in [0, 0.05) is 14.2 Å². The Kier molecular flexibility index (Phi) is 14.6. The van der Waals surface area contributed by atoms with Crippen LogP contribution in [0.2, 0.25) is 0 Å². The minimum absolute atomic E-state index is 0. The van der Waals surface area contributed by atoms with Crippen molar-refractivity contribution < 1.29 is 29.8 Å². The largest absolute Gasteiger partial charge is 1.00 e. The first-order valence-corrected chi connectivity index (χ1v) is 1.89. The number of rotatable bonds is 3. The Morgan fingerprint density at radius 2 is 1.43 bits per heavy atom. The molecule has 0 amide bonds. The fourth-order valence-corrected chi connectivity index (χ4v) is 0.167. The zero-order valence-corrected chi connectivity index (χ0v) is 5.23. The first-order chi connectivity index (χ1) is 2.91. The van der Waals surface area contributed by atoms with E-state index >= 15 is 0 Å². The van der Waals surface area contributed by atoms with Crippen molar-refractivity contribution in [2.24, 2.45) is 0 Å². The van der Waals surface area contributed by atoms with E-state index in [1.807, 2.05) is 0 Å². The summed E-state index contributed by atoms with van der Waals surface area (Å²) in [4.78, 5) is 0. The van der Waals surface area contributed by atoms with Gasteiger partial charge in [-0.15, -0.1) is 0 Å². The second-order valence-corrected chi connectivity index (χ2v) is 0.986.